The molecule has 2 N–H and O–H groups in total. The second kappa shape index (κ2) is 5.85. The topological polar surface area (TPSA) is 55.0 Å². The van der Waals surface area contributed by atoms with Crippen LogP contribution in [-0.4, -0.2) is 22.0 Å². The van der Waals surface area contributed by atoms with Gasteiger partial charge in [0.15, 0.2) is 0 Å². The van der Waals surface area contributed by atoms with Crippen molar-refractivity contribution in [2.75, 3.05) is 11.9 Å². The van der Waals surface area contributed by atoms with Gasteiger partial charge in [-0.15, -0.1) is 11.3 Å². The molecule has 0 bridgehead atoms. The lowest BCUT2D eigenvalue weighted by atomic mass is 10.1. The van der Waals surface area contributed by atoms with E-state index in [1.165, 1.54) is 0 Å². The smallest absolute Gasteiger partial charge is 0.107 e. The summed E-state index contributed by atoms with van der Waals surface area (Å²) in [7, 11) is 2.02. The highest BCUT2D eigenvalue weighted by atomic mass is 32.1. The van der Waals surface area contributed by atoms with Gasteiger partial charge in [0, 0.05) is 23.8 Å². The minimum Gasteiger partial charge on any atom is -0.389 e. The van der Waals surface area contributed by atoms with E-state index in [4.69, 9.17) is 18.0 Å². The third-order valence-electron chi connectivity index (χ3n) is 3.03. The molecule has 0 atom stereocenters. The summed E-state index contributed by atoms with van der Waals surface area (Å²) in [6.45, 7) is 6.64. The molecular weight excluding hydrogens is 288 g/mol. The summed E-state index contributed by atoms with van der Waals surface area (Å²) in [4.78, 5) is 11.4. The van der Waals surface area contributed by atoms with E-state index in [1.807, 2.05) is 33.9 Å². The third-order valence-corrected chi connectivity index (χ3v) is 4.06. The summed E-state index contributed by atoms with van der Waals surface area (Å²) in [5.41, 5.74) is 10.6. The Morgan fingerprint density at radius 1 is 1.35 bits per heavy atom. The third kappa shape index (κ3) is 3.13. The Morgan fingerprint density at radius 2 is 2.05 bits per heavy atom. The van der Waals surface area contributed by atoms with E-state index in [0.29, 0.717) is 4.99 Å². The number of anilines is 1. The van der Waals surface area contributed by atoms with Gasteiger partial charge in [-0.3, -0.25) is 4.98 Å². The SMILES string of the molecule is Cc1cc(N(C)Cc2csc(C)n2)c(C(N)=S)c(C)n1. The summed E-state index contributed by atoms with van der Waals surface area (Å²) >= 11 is 6.82. The Morgan fingerprint density at radius 3 is 2.60 bits per heavy atom. The molecule has 0 aliphatic heterocycles. The average molecular weight is 306 g/mol. The number of thiazole rings is 1. The van der Waals surface area contributed by atoms with Crippen LogP contribution in [0.25, 0.3) is 0 Å². The van der Waals surface area contributed by atoms with Crippen LogP contribution in [-0.2, 0) is 6.54 Å². The molecule has 2 heterocycles. The van der Waals surface area contributed by atoms with Gasteiger partial charge >= 0.3 is 0 Å². The number of aryl methyl sites for hydroxylation is 3. The standard InChI is InChI=1S/C14H18N4S2/c1-8-5-12(13(14(15)19)9(2)16-8)18(4)6-11-7-20-10(3)17-11/h5,7H,6H2,1-4H3,(H2,15,19). The predicted octanol–water partition coefficient (Wildman–Crippen LogP) is 2.73. The van der Waals surface area contributed by atoms with Crippen LogP contribution in [0.2, 0.25) is 0 Å². The Hall–Kier alpha value is -1.53. The van der Waals surface area contributed by atoms with Crippen LogP contribution in [0.3, 0.4) is 0 Å². The van der Waals surface area contributed by atoms with Gasteiger partial charge in [-0.25, -0.2) is 4.98 Å². The van der Waals surface area contributed by atoms with Crippen LogP contribution >= 0.6 is 23.6 Å². The number of nitrogens with two attached hydrogens (primary N) is 1. The van der Waals surface area contributed by atoms with E-state index in [1.54, 1.807) is 11.3 Å². The summed E-state index contributed by atoms with van der Waals surface area (Å²) in [5, 5.41) is 3.15. The van der Waals surface area contributed by atoms with Crippen LogP contribution in [0.4, 0.5) is 5.69 Å². The highest BCUT2D eigenvalue weighted by Crippen LogP contribution is 2.24. The fraction of sp³-hybridized carbons (Fsp3) is 0.357. The molecule has 0 radical (unpaired) electrons. The molecule has 0 aliphatic carbocycles. The molecule has 2 aromatic rings. The van der Waals surface area contributed by atoms with Crippen molar-refractivity contribution in [1.82, 2.24) is 9.97 Å². The number of nitrogens with zero attached hydrogens (tertiary/aromatic N) is 3. The molecule has 0 aromatic carbocycles. The van der Waals surface area contributed by atoms with Crippen molar-refractivity contribution >= 4 is 34.2 Å². The largest absolute Gasteiger partial charge is 0.389 e. The maximum absolute atomic E-state index is 5.85. The van der Waals surface area contributed by atoms with E-state index in [0.717, 1.165) is 39.9 Å². The van der Waals surface area contributed by atoms with Crippen molar-refractivity contribution in [3.63, 3.8) is 0 Å². The number of pyridine rings is 1. The van der Waals surface area contributed by atoms with Crippen LogP contribution in [0.1, 0.15) is 27.7 Å². The van der Waals surface area contributed by atoms with Crippen molar-refractivity contribution < 1.29 is 0 Å². The quantitative estimate of drug-likeness (QED) is 0.880. The van der Waals surface area contributed by atoms with E-state index in [9.17, 15) is 0 Å². The lowest BCUT2D eigenvalue weighted by Gasteiger charge is -2.22. The van der Waals surface area contributed by atoms with Crippen molar-refractivity contribution in [3.8, 4) is 0 Å². The number of hydrogen-bond donors (Lipinski definition) is 1. The number of thiocarbonyl (C=S) groups is 1. The monoisotopic (exact) mass is 306 g/mol. The average Bonchev–Trinajstić information content (AvgIpc) is 2.72. The van der Waals surface area contributed by atoms with Gasteiger partial charge < -0.3 is 10.6 Å². The maximum atomic E-state index is 5.85. The zero-order valence-electron chi connectivity index (χ0n) is 12.1. The van der Waals surface area contributed by atoms with Crippen molar-refractivity contribution in [2.45, 2.75) is 27.3 Å². The zero-order valence-corrected chi connectivity index (χ0v) is 13.7. The maximum Gasteiger partial charge on any atom is 0.107 e. The molecule has 0 fully saturated rings. The van der Waals surface area contributed by atoms with Crippen LogP contribution in [0, 0.1) is 20.8 Å². The molecule has 20 heavy (non-hydrogen) atoms. The molecule has 0 aliphatic rings. The Labute approximate surface area is 128 Å². The van der Waals surface area contributed by atoms with Crippen LogP contribution in [0.5, 0.6) is 0 Å². The van der Waals surface area contributed by atoms with E-state index < -0.39 is 0 Å². The molecule has 4 nitrogen and oxygen atoms in total. The zero-order chi connectivity index (χ0) is 14.9. The van der Waals surface area contributed by atoms with E-state index >= 15 is 0 Å². The molecule has 6 heteroatoms. The van der Waals surface area contributed by atoms with Gasteiger partial charge in [0.25, 0.3) is 0 Å². The second-order valence-corrected chi connectivity index (χ2v) is 6.32. The normalized spacial score (nSPS) is 10.6. The van der Waals surface area contributed by atoms with Crippen molar-refractivity contribution in [1.29, 1.82) is 0 Å². The molecule has 0 unspecified atom stereocenters. The lowest BCUT2D eigenvalue weighted by Crippen LogP contribution is -2.23. The fourth-order valence-electron chi connectivity index (χ4n) is 2.22. The first-order valence-corrected chi connectivity index (χ1v) is 7.57. The highest BCUT2D eigenvalue weighted by Gasteiger charge is 2.15. The number of rotatable bonds is 4. The Bertz CT molecular complexity index is 649. The number of aromatic nitrogens is 2. The van der Waals surface area contributed by atoms with Gasteiger partial charge in [-0.1, -0.05) is 12.2 Å². The summed E-state index contributed by atoms with van der Waals surface area (Å²) in [6.07, 6.45) is 0. The van der Waals surface area contributed by atoms with Gasteiger partial charge in [0.2, 0.25) is 0 Å². The second-order valence-electron chi connectivity index (χ2n) is 4.82. The molecule has 106 valence electrons. The van der Waals surface area contributed by atoms with E-state index in [-0.39, 0.29) is 0 Å². The molecular formula is C14H18N4S2. The molecule has 0 saturated heterocycles. The van der Waals surface area contributed by atoms with Gasteiger partial charge in [-0.05, 0) is 26.8 Å². The predicted molar refractivity (Wildman–Crippen MR) is 88.6 cm³/mol. The molecule has 0 amide bonds. The highest BCUT2D eigenvalue weighted by molar-refractivity contribution is 7.80. The van der Waals surface area contributed by atoms with Gasteiger partial charge in [0.05, 0.1) is 28.5 Å². The van der Waals surface area contributed by atoms with Crippen LogP contribution < -0.4 is 10.6 Å². The Balaban J connectivity index is 2.38. The number of hydrogen-bond acceptors (Lipinski definition) is 5. The molecule has 0 saturated carbocycles. The fourth-order valence-corrected chi connectivity index (χ4v) is 3.08. The molecule has 2 aromatic heterocycles. The van der Waals surface area contributed by atoms with Gasteiger partial charge in [0.1, 0.15) is 4.99 Å². The Kier molecular flexibility index (Phi) is 4.35. The first kappa shape index (κ1) is 14.9. The summed E-state index contributed by atoms with van der Waals surface area (Å²) < 4.78 is 0. The van der Waals surface area contributed by atoms with E-state index in [2.05, 4.69) is 20.2 Å². The minimum atomic E-state index is 0.381. The first-order valence-electron chi connectivity index (χ1n) is 6.28. The molecule has 0 spiro atoms. The van der Waals surface area contributed by atoms with Crippen LogP contribution in [0.15, 0.2) is 11.4 Å². The van der Waals surface area contributed by atoms with Crippen molar-refractivity contribution in [2.24, 2.45) is 5.73 Å². The molecule has 2 rings (SSSR count). The lowest BCUT2D eigenvalue weighted by molar-refractivity contribution is 0.883. The summed E-state index contributed by atoms with van der Waals surface area (Å²) in [6, 6.07) is 2.01. The summed E-state index contributed by atoms with van der Waals surface area (Å²) in [5.74, 6) is 0. The first-order chi connectivity index (χ1) is 9.38. The van der Waals surface area contributed by atoms with Crippen molar-refractivity contribution in [3.05, 3.63) is 39.1 Å². The minimum absolute atomic E-state index is 0.381. The van der Waals surface area contributed by atoms with Gasteiger partial charge in [-0.2, -0.15) is 0 Å².